The minimum Gasteiger partial charge on any atom is -0.335 e. The smallest absolute Gasteiger partial charge is 0.155 e. The van der Waals surface area contributed by atoms with E-state index >= 15 is 0 Å². The van der Waals surface area contributed by atoms with Crippen molar-refractivity contribution in [1.82, 2.24) is 0 Å². The van der Waals surface area contributed by atoms with Gasteiger partial charge in [-0.05, 0) is 25.5 Å². The van der Waals surface area contributed by atoms with Crippen molar-refractivity contribution in [1.29, 1.82) is 0 Å². The van der Waals surface area contributed by atoms with Gasteiger partial charge in [-0.25, -0.2) is 0 Å². The van der Waals surface area contributed by atoms with E-state index in [2.05, 4.69) is 30.0 Å². The van der Waals surface area contributed by atoms with Crippen LogP contribution < -0.4 is 4.90 Å². The summed E-state index contributed by atoms with van der Waals surface area (Å²) in [6.45, 7) is 4.78. The van der Waals surface area contributed by atoms with E-state index in [-0.39, 0.29) is 5.78 Å². The Morgan fingerprint density at radius 3 is 2.88 bits per heavy atom. The van der Waals surface area contributed by atoms with Crippen LogP contribution in [0.3, 0.4) is 0 Å². The largest absolute Gasteiger partial charge is 0.335 e. The zero-order valence-electron chi connectivity index (χ0n) is 10.3. The Balaban J connectivity index is 2.30. The van der Waals surface area contributed by atoms with Crippen molar-refractivity contribution in [2.24, 2.45) is 0 Å². The molecule has 1 aromatic rings. The number of ketones is 1. The topological polar surface area (TPSA) is 20.3 Å². The van der Waals surface area contributed by atoms with Gasteiger partial charge in [0.15, 0.2) is 5.78 Å². The molecule has 0 radical (unpaired) electrons. The second-order valence-corrected chi connectivity index (χ2v) is 5.23. The maximum atomic E-state index is 11.3. The van der Waals surface area contributed by atoms with Crippen molar-refractivity contribution in [3.05, 3.63) is 35.4 Å². The van der Waals surface area contributed by atoms with E-state index in [0.29, 0.717) is 0 Å². The van der Waals surface area contributed by atoms with Crippen LogP contribution in [0, 0.1) is 0 Å². The van der Waals surface area contributed by atoms with Crippen LogP contribution >= 0.6 is 11.8 Å². The van der Waals surface area contributed by atoms with Gasteiger partial charge in [0.1, 0.15) is 0 Å². The molecule has 1 heterocycles. The zero-order valence-corrected chi connectivity index (χ0v) is 11.1. The molecule has 0 amide bonds. The third-order valence-corrected chi connectivity index (χ3v) is 3.81. The third kappa shape index (κ3) is 2.72. The molecule has 1 aliphatic heterocycles. The first-order chi connectivity index (χ1) is 8.22. The van der Waals surface area contributed by atoms with Crippen LogP contribution in [-0.4, -0.2) is 12.3 Å². The molecule has 0 fully saturated rings. The lowest BCUT2D eigenvalue weighted by Crippen LogP contribution is -2.19. The van der Waals surface area contributed by atoms with Crippen molar-refractivity contribution in [3.8, 4) is 0 Å². The van der Waals surface area contributed by atoms with Crippen LogP contribution in [0.4, 0.5) is 5.69 Å². The number of para-hydroxylation sites is 1. The van der Waals surface area contributed by atoms with Gasteiger partial charge in [0.25, 0.3) is 0 Å². The van der Waals surface area contributed by atoms with Gasteiger partial charge in [-0.1, -0.05) is 37.2 Å². The summed E-state index contributed by atoms with van der Waals surface area (Å²) in [6.07, 6.45) is 4.04. The van der Waals surface area contributed by atoms with E-state index in [1.165, 1.54) is 10.6 Å². The molecule has 90 valence electrons. The molecule has 1 aromatic carbocycles. The molecule has 2 rings (SSSR count). The van der Waals surface area contributed by atoms with Gasteiger partial charge in [0.2, 0.25) is 0 Å². The molecule has 0 unspecified atom stereocenters. The number of thioether (sulfide) groups is 1. The lowest BCUT2D eigenvalue weighted by Gasteiger charge is -2.19. The third-order valence-electron chi connectivity index (χ3n) is 2.70. The number of rotatable bonds is 4. The fourth-order valence-electron chi connectivity index (χ4n) is 1.88. The molecule has 0 aliphatic carbocycles. The van der Waals surface area contributed by atoms with Crippen molar-refractivity contribution in [3.63, 3.8) is 0 Å². The van der Waals surface area contributed by atoms with Gasteiger partial charge in [-0.2, -0.15) is 0 Å². The average Bonchev–Trinajstić information content (AvgIpc) is 2.63. The zero-order chi connectivity index (χ0) is 12.3. The molecule has 1 aliphatic rings. The van der Waals surface area contributed by atoms with Crippen molar-refractivity contribution in [2.75, 3.05) is 11.4 Å². The Morgan fingerprint density at radius 2 is 2.18 bits per heavy atom. The summed E-state index contributed by atoms with van der Waals surface area (Å²) in [7, 11) is 0. The van der Waals surface area contributed by atoms with E-state index in [4.69, 9.17) is 0 Å². The summed E-state index contributed by atoms with van der Waals surface area (Å²) in [5, 5.41) is 1.06. The van der Waals surface area contributed by atoms with E-state index < -0.39 is 0 Å². The number of nitrogens with zero attached hydrogens (tertiary/aromatic N) is 1. The number of benzene rings is 1. The van der Waals surface area contributed by atoms with Crippen LogP contribution in [-0.2, 0) is 4.79 Å². The number of carbonyl (C=O) groups excluding carboxylic acids is 1. The van der Waals surface area contributed by atoms with Gasteiger partial charge in [-0.15, -0.1) is 0 Å². The summed E-state index contributed by atoms with van der Waals surface area (Å²) in [6, 6.07) is 8.33. The number of anilines is 1. The summed E-state index contributed by atoms with van der Waals surface area (Å²) in [5.41, 5.74) is 1.23. The first-order valence-corrected chi connectivity index (χ1v) is 6.80. The first-order valence-electron chi connectivity index (χ1n) is 5.99. The van der Waals surface area contributed by atoms with Gasteiger partial charge < -0.3 is 4.90 Å². The fourth-order valence-corrected chi connectivity index (χ4v) is 3.06. The first kappa shape index (κ1) is 12.2. The lowest BCUT2D eigenvalue weighted by molar-refractivity contribution is -0.112. The van der Waals surface area contributed by atoms with E-state index in [9.17, 15) is 4.79 Å². The highest BCUT2D eigenvalue weighted by Crippen LogP contribution is 2.45. The van der Waals surface area contributed by atoms with Crippen LogP contribution in [0.5, 0.6) is 0 Å². The molecule has 0 N–H and O–H groups in total. The quantitative estimate of drug-likeness (QED) is 0.754. The maximum absolute atomic E-state index is 11.3. The Bertz CT molecular complexity index is 453. The van der Waals surface area contributed by atoms with Gasteiger partial charge in [0.05, 0.1) is 10.7 Å². The Labute approximate surface area is 107 Å². The van der Waals surface area contributed by atoms with Crippen molar-refractivity contribution < 1.29 is 4.79 Å². The van der Waals surface area contributed by atoms with Gasteiger partial charge in [0, 0.05) is 17.5 Å². The highest BCUT2D eigenvalue weighted by molar-refractivity contribution is 8.03. The Kier molecular flexibility index (Phi) is 3.89. The van der Waals surface area contributed by atoms with Crippen molar-refractivity contribution >= 4 is 23.2 Å². The van der Waals surface area contributed by atoms with Crippen molar-refractivity contribution in [2.45, 2.75) is 31.6 Å². The van der Waals surface area contributed by atoms with E-state index in [0.717, 1.165) is 24.4 Å². The highest BCUT2D eigenvalue weighted by Gasteiger charge is 2.24. The van der Waals surface area contributed by atoms with Crippen LogP contribution in [0.25, 0.3) is 0 Å². The Hall–Kier alpha value is -1.22. The molecule has 0 saturated carbocycles. The van der Waals surface area contributed by atoms with Gasteiger partial charge in [-0.3, -0.25) is 4.79 Å². The molecule has 0 aromatic heterocycles. The maximum Gasteiger partial charge on any atom is 0.155 e. The van der Waals surface area contributed by atoms with Crippen LogP contribution in [0.1, 0.15) is 26.7 Å². The second kappa shape index (κ2) is 5.41. The summed E-state index contributed by atoms with van der Waals surface area (Å²) in [5.74, 6) is 0.113. The number of hydrogen-bond acceptors (Lipinski definition) is 3. The highest BCUT2D eigenvalue weighted by atomic mass is 32.2. The molecular formula is C14H17NOS. The van der Waals surface area contributed by atoms with Gasteiger partial charge >= 0.3 is 0 Å². The normalized spacial score (nSPS) is 16.4. The minimum absolute atomic E-state index is 0.113. The molecule has 2 nitrogen and oxygen atoms in total. The molecular weight excluding hydrogens is 230 g/mol. The number of carbonyl (C=O) groups is 1. The fraction of sp³-hybridized carbons (Fsp3) is 0.357. The number of hydrogen-bond donors (Lipinski definition) is 0. The van der Waals surface area contributed by atoms with E-state index in [1.54, 1.807) is 24.8 Å². The molecule has 0 saturated heterocycles. The monoisotopic (exact) mass is 247 g/mol. The molecule has 0 spiro atoms. The average molecular weight is 247 g/mol. The summed E-state index contributed by atoms with van der Waals surface area (Å²) < 4.78 is 0. The van der Waals surface area contributed by atoms with E-state index in [1.807, 2.05) is 6.07 Å². The lowest BCUT2D eigenvalue weighted by atomic mass is 10.2. The second-order valence-electron chi connectivity index (χ2n) is 4.17. The number of unbranched alkanes of at least 4 members (excludes halogenated alkanes) is 1. The Morgan fingerprint density at radius 1 is 1.41 bits per heavy atom. The van der Waals surface area contributed by atoms with Crippen LogP contribution in [0.2, 0.25) is 0 Å². The predicted octanol–water partition coefficient (Wildman–Crippen LogP) is 3.83. The molecule has 0 bridgehead atoms. The number of allylic oxidation sites excluding steroid dienone is 1. The molecule has 3 heteroatoms. The molecule has 17 heavy (non-hydrogen) atoms. The standard InChI is InChI=1S/C14H17NOS/c1-3-4-9-15-12-7-5-6-8-13(12)17-14(15)10-11(2)16/h5-8,10H,3-4,9H2,1-2H3. The summed E-state index contributed by atoms with van der Waals surface area (Å²) >= 11 is 1.69. The summed E-state index contributed by atoms with van der Waals surface area (Å²) in [4.78, 5) is 14.8. The predicted molar refractivity (Wildman–Crippen MR) is 73.3 cm³/mol. The number of fused-ring (bicyclic) bond motifs is 1. The SMILES string of the molecule is CCCCN1C(=CC(C)=O)Sc2ccccc21. The minimum atomic E-state index is 0.113. The van der Waals surface area contributed by atoms with Crippen LogP contribution in [0.15, 0.2) is 40.3 Å². The molecule has 0 atom stereocenters.